The van der Waals surface area contributed by atoms with Crippen LogP contribution in [0.2, 0.25) is 0 Å². The zero-order valence-corrected chi connectivity index (χ0v) is 16.1. The predicted molar refractivity (Wildman–Crippen MR) is 88.4 cm³/mol. The Labute approximate surface area is 152 Å². The number of ether oxygens (including phenoxy) is 2. The van der Waals surface area contributed by atoms with Crippen molar-refractivity contribution in [2.24, 2.45) is 0 Å². The maximum Gasteiger partial charge on any atom is 2.00 e. The Morgan fingerprint density at radius 1 is 0.652 bits per heavy atom. The zero-order valence-electron chi connectivity index (χ0n) is 13.2. The SMILES string of the molecule is COc1cc[c-]cc1.Cc1ccc(Oc2cc[c-]cc2)cc1.[W+2]. The molecule has 116 valence electrons. The van der Waals surface area contributed by atoms with Crippen molar-refractivity contribution in [3.8, 4) is 17.2 Å². The first-order valence-corrected chi connectivity index (χ1v) is 6.98. The number of rotatable bonds is 3. The molecule has 23 heavy (non-hydrogen) atoms. The molecule has 0 bridgehead atoms. The van der Waals surface area contributed by atoms with Crippen molar-refractivity contribution in [1.82, 2.24) is 0 Å². The van der Waals surface area contributed by atoms with Crippen LogP contribution in [0.25, 0.3) is 0 Å². The summed E-state index contributed by atoms with van der Waals surface area (Å²) in [6.07, 6.45) is 0. The van der Waals surface area contributed by atoms with E-state index in [1.165, 1.54) is 5.56 Å². The quantitative estimate of drug-likeness (QED) is 0.494. The van der Waals surface area contributed by atoms with Gasteiger partial charge >= 0.3 is 21.1 Å². The van der Waals surface area contributed by atoms with Crippen LogP contribution in [0.3, 0.4) is 0 Å². The summed E-state index contributed by atoms with van der Waals surface area (Å²) >= 11 is 0. The number of hydrogen-bond donors (Lipinski definition) is 0. The first kappa shape index (κ1) is 19.0. The molecule has 0 saturated heterocycles. The summed E-state index contributed by atoms with van der Waals surface area (Å²) in [6, 6.07) is 28.6. The zero-order chi connectivity index (χ0) is 15.6. The Bertz CT molecular complexity index is 652. The molecule has 0 aliphatic heterocycles. The van der Waals surface area contributed by atoms with Gasteiger partial charge in [0.25, 0.3) is 0 Å². The second-order valence-corrected chi connectivity index (χ2v) is 4.59. The van der Waals surface area contributed by atoms with Crippen molar-refractivity contribution in [3.05, 3.63) is 90.5 Å². The van der Waals surface area contributed by atoms with Gasteiger partial charge in [0.1, 0.15) is 5.75 Å². The number of benzene rings is 3. The van der Waals surface area contributed by atoms with Crippen LogP contribution in [-0.2, 0) is 21.1 Å². The fourth-order valence-electron chi connectivity index (χ4n) is 1.69. The van der Waals surface area contributed by atoms with Gasteiger partial charge < -0.3 is 9.47 Å². The van der Waals surface area contributed by atoms with Crippen LogP contribution >= 0.6 is 0 Å². The Hall–Kier alpha value is -2.05. The molecule has 2 nitrogen and oxygen atoms in total. The minimum atomic E-state index is 0. The summed E-state index contributed by atoms with van der Waals surface area (Å²) in [6.45, 7) is 2.06. The van der Waals surface area contributed by atoms with E-state index in [4.69, 9.17) is 9.47 Å². The van der Waals surface area contributed by atoms with Gasteiger partial charge in [0.05, 0.1) is 7.11 Å². The summed E-state index contributed by atoms with van der Waals surface area (Å²) in [7, 11) is 1.65. The third-order valence-electron chi connectivity index (χ3n) is 2.87. The predicted octanol–water partition coefficient (Wildman–Crippen LogP) is 5.08. The molecule has 0 spiro atoms. The van der Waals surface area contributed by atoms with Crippen molar-refractivity contribution >= 4 is 0 Å². The van der Waals surface area contributed by atoms with Crippen molar-refractivity contribution in [2.45, 2.75) is 6.92 Å². The van der Waals surface area contributed by atoms with Gasteiger partial charge in [-0.15, -0.1) is 24.3 Å². The Balaban J connectivity index is 0.000000253. The molecule has 3 rings (SSSR count). The summed E-state index contributed by atoms with van der Waals surface area (Å²) in [5, 5.41) is 0. The van der Waals surface area contributed by atoms with Gasteiger partial charge in [-0.2, -0.15) is 36.4 Å². The van der Waals surface area contributed by atoms with Crippen molar-refractivity contribution in [1.29, 1.82) is 0 Å². The molecular weight excluding hydrogens is 456 g/mol. The maximum absolute atomic E-state index is 5.61. The van der Waals surface area contributed by atoms with Gasteiger partial charge in [-0.25, -0.2) is 0 Å². The third-order valence-corrected chi connectivity index (χ3v) is 2.87. The molecule has 0 N–H and O–H groups in total. The molecular formula is C20H18O2W. The Morgan fingerprint density at radius 2 is 1.09 bits per heavy atom. The Morgan fingerprint density at radius 3 is 1.52 bits per heavy atom. The topological polar surface area (TPSA) is 18.5 Å². The van der Waals surface area contributed by atoms with E-state index in [2.05, 4.69) is 19.1 Å². The van der Waals surface area contributed by atoms with Crippen LogP contribution in [-0.4, -0.2) is 7.11 Å². The van der Waals surface area contributed by atoms with Crippen molar-refractivity contribution in [3.63, 3.8) is 0 Å². The first-order valence-electron chi connectivity index (χ1n) is 6.98. The van der Waals surface area contributed by atoms with Gasteiger partial charge in [-0.3, -0.25) is 0 Å². The molecule has 0 saturated carbocycles. The van der Waals surface area contributed by atoms with E-state index < -0.39 is 0 Å². The first-order chi connectivity index (χ1) is 10.8. The van der Waals surface area contributed by atoms with E-state index in [-0.39, 0.29) is 21.1 Å². The number of methoxy groups -OCH3 is 1. The fourth-order valence-corrected chi connectivity index (χ4v) is 1.69. The van der Waals surface area contributed by atoms with E-state index in [0.717, 1.165) is 17.2 Å². The summed E-state index contributed by atoms with van der Waals surface area (Å²) in [4.78, 5) is 0. The normalized spacial score (nSPS) is 8.96. The van der Waals surface area contributed by atoms with E-state index >= 15 is 0 Å². The molecule has 0 aliphatic rings. The van der Waals surface area contributed by atoms with E-state index in [1.807, 2.05) is 72.8 Å². The molecule has 0 amide bonds. The molecule has 0 heterocycles. The average molecular weight is 474 g/mol. The van der Waals surface area contributed by atoms with Crippen LogP contribution in [0.5, 0.6) is 17.2 Å². The third kappa shape index (κ3) is 7.16. The second kappa shape index (κ2) is 10.6. The number of hydrogen-bond acceptors (Lipinski definition) is 2. The molecule has 0 aliphatic carbocycles. The number of aryl methyl sites for hydroxylation is 1. The monoisotopic (exact) mass is 474 g/mol. The summed E-state index contributed by atoms with van der Waals surface area (Å²) < 4.78 is 10.5. The molecule has 3 heteroatoms. The van der Waals surface area contributed by atoms with Crippen LogP contribution in [0.15, 0.2) is 72.8 Å². The van der Waals surface area contributed by atoms with E-state index in [1.54, 1.807) is 7.11 Å². The van der Waals surface area contributed by atoms with Gasteiger partial charge in [0, 0.05) is 11.5 Å². The van der Waals surface area contributed by atoms with Crippen LogP contribution in [0.1, 0.15) is 5.56 Å². The Kier molecular flexibility index (Phi) is 8.79. The minimum absolute atomic E-state index is 0. The summed E-state index contributed by atoms with van der Waals surface area (Å²) in [5.41, 5.74) is 1.23. The van der Waals surface area contributed by atoms with Gasteiger partial charge in [-0.1, -0.05) is 17.7 Å². The van der Waals surface area contributed by atoms with Crippen molar-refractivity contribution < 1.29 is 30.5 Å². The molecule has 0 fully saturated rings. The molecule has 0 radical (unpaired) electrons. The van der Waals surface area contributed by atoms with Gasteiger partial charge in [-0.05, 0) is 19.1 Å². The van der Waals surface area contributed by atoms with E-state index in [9.17, 15) is 0 Å². The van der Waals surface area contributed by atoms with Crippen molar-refractivity contribution in [2.75, 3.05) is 7.11 Å². The smallest absolute Gasteiger partial charge is 0.522 e. The molecule has 0 atom stereocenters. The average Bonchev–Trinajstić information content (AvgIpc) is 2.59. The van der Waals surface area contributed by atoms with Crippen LogP contribution in [0, 0.1) is 19.1 Å². The van der Waals surface area contributed by atoms with Crippen LogP contribution in [0.4, 0.5) is 0 Å². The molecule has 0 aromatic heterocycles. The van der Waals surface area contributed by atoms with Crippen LogP contribution < -0.4 is 9.47 Å². The minimum Gasteiger partial charge on any atom is -0.522 e. The second-order valence-electron chi connectivity index (χ2n) is 4.59. The molecule has 3 aromatic carbocycles. The fraction of sp³-hybridized carbons (Fsp3) is 0.100. The standard InChI is InChI=1S/C13H11O.C7H7O.W/c1-11-7-9-13(10-8-11)14-12-5-3-2-4-6-12;1-8-7-5-3-2-4-6-7;/h3-10H,1H3;3-6H,1H3;/q2*-1;+2. The van der Waals surface area contributed by atoms with E-state index in [0.29, 0.717) is 0 Å². The maximum atomic E-state index is 5.61. The van der Waals surface area contributed by atoms with Gasteiger partial charge in [0.2, 0.25) is 0 Å². The molecule has 3 aromatic rings. The summed E-state index contributed by atoms with van der Waals surface area (Å²) in [5.74, 6) is 2.58. The largest absolute Gasteiger partial charge is 2.00 e. The van der Waals surface area contributed by atoms with Gasteiger partial charge in [0.15, 0.2) is 0 Å². The molecule has 0 unspecified atom stereocenters.